The molecule has 0 aliphatic heterocycles. The number of carbonyl (C=O) groups is 1. The maximum Gasteiger partial charge on any atom is 0.142 e. The average Bonchev–Trinajstić information content (AvgIpc) is 2.05. The fourth-order valence-electron chi connectivity index (χ4n) is 0.540. The maximum atomic E-state index is 9.06. The molecule has 0 fully saturated rings. The topological polar surface area (TPSA) is 20.3 Å². The van der Waals surface area contributed by atoms with Crippen molar-refractivity contribution in [1.82, 2.24) is 4.90 Å². The summed E-state index contributed by atoms with van der Waals surface area (Å²) in [6.45, 7) is 9.90. The van der Waals surface area contributed by atoms with Gasteiger partial charge in [0.1, 0.15) is 6.29 Å². The van der Waals surface area contributed by atoms with E-state index in [0.29, 0.717) is 6.29 Å². The first-order valence-electron chi connectivity index (χ1n) is 3.97. The molecule has 2 nitrogen and oxygen atoms in total. The number of hydrogen-bond donors (Lipinski definition) is 0. The van der Waals surface area contributed by atoms with Gasteiger partial charge in [-0.3, -0.25) is 4.79 Å². The van der Waals surface area contributed by atoms with Crippen molar-refractivity contribution in [3.63, 3.8) is 0 Å². The number of carbonyl (C=O) groups excluding carboxylic acids is 1. The zero-order valence-corrected chi connectivity index (χ0v) is 7.84. The van der Waals surface area contributed by atoms with Crippen molar-refractivity contribution in [3.05, 3.63) is 12.7 Å². The van der Waals surface area contributed by atoms with Gasteiger partial charge in [-0.2, -0.15) is 0 Å². The number of hydrogen-bond acceptors (Lipinski definition) is 2. The number of allylic oxidation sites excluding steroid dienone is 1. The Hall–Kier alpha value is -0.630. The highest BCUT2D eigenvalue weighted by Crippen LogP contribution is 1.82. The number of aldehydes is 1. The van der Waals surface area contributed by atoms with Crippen molar-refractivity contribution < 1.29 is 4.79 Å². The van der Waals surface area contributed by atoms with Gasteiger partial charge in [0.2, 0.25) is 0 Å². The molecule has 0 spiro atoms. The number of nitrogens with zero attached hydrogens (tertiary/aromatic N) is 1. The van der Waals surface area contributed by atoms with Crippen LogP contribution in [-0.2, 0) is 4.79 Å². The van der Waals surface area contributed by atoms with Gasteiger partial charge in [-0.15, -0.1) is 0 Å². The van der Waals surface area contributed by atoms with Crippen LogP contribution in [0, 0.1) is 0 Å². The van der Waals surface area contributed by atoms with Crippen LogP contribution in [0.3, 0.4) is 0 Å². The van der Waals surface area contributed by atoms with Crippen molar-refractivity contribution in [2.24, 2.45) is 0 Å². The van der Waals surface area contributed by atoms with Crippen molar-refractivity contribution in [2.45, 2.75) is 20.3 Å². The quantitative estimate of drug-likeness (QED) is 0.457. The summed E-state index contributed by atoms with van der Waals surface area (Å²) in [5, 5.41) is 0. The van der Waals surface area contributed by atoms with E-state index in [1.54, 1.807) is 0 Å². The van der Waals surface area contributed by atoms with E-state index in [1.807, 2.05) is 0 Å². The second-order valence-corrected chi connectivity index (χ2v) is 2.27. The van der Waals surface area contributed by atoms with Gasteiger partial charge in [-0.25, -0.2) is 0 Å². The normalized spacial score (nSPS) is 8.36. The van der Waals surface area contributed by atoms with Crippen molar-refractivity contribution >= 4 is 6.29 Å². The minimum atomic E-state index is 0.639. The van der Waals surface area contributed by atoms with Crippen LogP contribution >= 0.6 is 0 Å². The minimum absolute atomic E-state index is 0.639. The lowest BCUT2D eigenvalue weighted by molar-refractivity contribution is -0.104. The lowest BCUT2D eigenvalue weighted by Crippen LogP contribution is -2.17. The van der Waals surface area contributed by atoms with E-state index in [2.05, 4.69) is 32.4 Å². The molecule has 0 aliphatic rings. The Balaban J connectivity index is 0. The maximum absolute atomic E-state index is 9.06. The molecule has 0 bridgehead atoms. The highest BCUT2D eigenvalue weighted by molar-refractivity contribution is 5.63. The third kappa shape index (κ3) is 17.6. The van der Waals surface area contributed by atoms with E-state index in [0.717, 1.165) is 0 Å². The van der Waals surface area contributed by atoms with E-state index in [1.165, 1.54) is 25.6 Å². The molecule has 0 aromatic carbocycles. The van der Waals surface area contributed by atoms with Gasteiger partial charge in [-0.1, -0.05) is 20.4 Å². The van der Waals surface area contributed by atoms with Gasteiger partial charge in [0.05, 0.1) is 0 Å². The summed E-state index contributed by atoms with van der Waals surface area (Å²) < 4.78 is 0. The molecule has 2 heteroatoms. The van der Waals surface area contributed by atoms with Crippen molar-refractivity contribution in [1.29, 1.82) is 0 Å². The molecule has 0 rings (SSSR count). The Labute approximate surface area is 69.9 Å². The predicted molar refractivity (Wildman–Crippen MR) is 49.7 cm³/mol. The van der Waals surface area contributed by atoms with Gasteiger partial charge in [-0.05, 0) is 32.6 Å². The molecule has 0 amide bonds. The van der Waals surface area contributed by atoms with E-state index in [4.69, 9.17) is 4.79 Å². The van der Waals surface area contributed by atoms with Gasteiger partial charge >= 0.3 is 0 Å². The van der Waals surface area contributed by atoms with Crippen LogP contribution in [0.4, 0.5) is 0 Å². The van der Waals surface area contributed by atoms with Gasteiger partial charge < -0.3 is 4.90 Å². The van der Waals surface area contributed by atoms with Crippen molar-refractivity contribution in [3.8, 4) is 0 Å². The first-order valence-corrected chi connectivity index (χ1v) is 3.97. The van der Waals surface area contributed by atoms with E-state index in [-0.39, 0.29) is 0 Å². The van der Waals surface area contributed by atoms with E-state index in [9.17, 15) is 0 Å². The fraction of sp³-hybridized carbons (Fsp3) is 0.667. The largest absolute Gasteiger partial charge is 0.307 e. The molecule has 0 saturated heterocycles. The molecular formula is C9H19NO. The zero-order chi connectivity index (χ0) is 9.11. The summed E-state index contributed by atoms with van der Waals surface area (Å²) in [4.78, 5) is 11.4. The molecule has 0 radical (unpaired) electrons. The van der Waals surface area contributed by atoms with E-state index >= 15 is 0 Å². The third-order valence-corrected chi connectivity index (χ3v) is 1.24. The summed E-state index contributed by atoms with van der Waals surface area (Å²) in [6.07, 6.45) is 3.10. The number of rotatable bonds is 4. The first kappa shape index (κ1) is 13.0. The summed E-state index contributed by atoms with van der Waals surface area (Å²) >= 11 is 0. The molecule has 0 unspecified atom stereocenters. The lowest BCUT2D eigenvalue weighted by Gasteiger charge is -2.10. The molecule has 66 valence electrons. The third-order valence-electron chi connectivity index (χ3n) is 1.24. The molecule has 0 atom stereocenters. The lowest BCUT2D eigenvalue weighted by atomic mass is 10.4. The second-order valence-electron chi connectivity index (χ2n) is 2.27. The van der Waals surface area contributed by atoms with Crippen LogP contribution in [0.15, 0.2) is 12.7 Å². The SMILES string of the molecule is C=CC=O.CCCN(C)CC. The molecule has 0 aliphatic carbocycles. The predicted octanol–water partition coefficient (Wildman–Crippen LogP) is 1.72. The Morgan fingerprint density at radius 3 is 2.00 bits per heavy atom. The average molecular weight is 157 g/mol. The van der Waals surface area contributed by atoms with Gasteiger partial charge in [0, 0.05) is 0 Å². The Morgan fingerprint density at radius 2 is 1.91 bits per heavy atom. The van der Waals surface area contributed by atoms with Crippen LogP contribution < -0.4 is 0 Å². The molecule has 0 N–H and O–H groups in total. The molecule has 0 aromatic heterocycles. The van der Waals surface area contributed by atoms with E-state index < -0.39 is 0 Å². The van der Waals surface area contributed by atoms with Crippen LogP contribution in [0.25, 0.3) is 0 Å². The molecular weight excluding hydrogens is 138 g/mol. The molecule has 11 heavy (non-hydrogen) atoms. The van der Waals surface area contributed by atoms with Crippen LogP contribution in [0.1, 0.15) is 20.3 Å². The summed E-state index contributed by atoms with van der Waals surface area (Å²) in [5.74, 6) is 0. The standard InChI is InChI=1S/C6H15N.C3H4O/c1-4-6-7(3)5-2;1-2-3-4/h4-6H2,1-3H3;2-3H,1H2. The summed E-state index contributed by atoms with van der Waals surface area (Å²) in [6, 6.07) is 0. The summed E-state index contributed by atoms with van der Waals surface area (Å²) in [7, 11) is 2.14. The highest BCUT2D eigenvalue weighted by atomic mass is 16.1. The fourth-order valence-corrected chi connectivity index (χ4v) is 0.540. The second kappa shape index (κ2) is 12.1. The van der Waals surface area contributed by atoms with Gasteiger partial charge in [0.15, 0.2) is 0 Å². The Kier molecular flexibility index (Phi) is 14.3. The Bertz CT molecular complexity index is 85.6. The van der Waals surface area contributed by atoms with Gasteiger partial charge in [0.25, 0.3) is 0 Å². The highest BCUT2D eigenvalue weighted by Gasteiger charge is 1.86. The summed E-state index contributed by atoms with van der Waals surface area (Å²) in [5.41, 5.74) is 0. The Morgan fingerprint density at radius 1 is 1.45 bits per heavy atom. The van der Waals surface area contributed by atoms with Crippen LogP contribution in [0.2, 0.25) is 0 Å². The molecule has 0 saturated carbocycles. The smallest absolute Gasteiger partial charge is 0.142 e. The zero-order valence-electron chi connectivity index (χ0n) is 7.84. The monoisotopic (exact) mass is 157 g/mol. The first-order chi connectivity index (χ1) is 5.22. The molecule has 0 aromatic rings. The van der Waals surface area contributed by atoms with Crippen molar-refractivity contribution in [2.75, 3.05) is 20.1 Å². The molecule has 0 heterocycles. The van der Waals surface area contributed by atoms with Crippen LogP contribution in [-0.4, -0.2) is 31.3 Å². The minimum Gasteiger partial charge on any atom is -0.307 e. The van der Waals surface area contributed by atoms with Crippen LogP contribution in [0.5, 0.6) is 0 Å².